The van der Waals surface area contributed by atoms with E-state index in [0.29, 0.717) is 17.1 Å². The van der Waals surface area contributed by atoms with E-state index in [0.717, 1.165) is 23.4 Å². The van der Waals surface area contributed by atoms with Crippen LogP contribution in [-0.2, 0) is 13.0 Å². The monoisotopic (exact) mass is 301 g/mol. The molecule has 5 heteroatoms. The molecule has 3 rings (SSSR count). The molecule has 0 saturated heterocycles. The van der Waals surface area contributed by atoms with Crippen molar-refractivity contribution in [2.75, 3.05) is 0 Å². The van der Waals surface area contributed by atoms with Crippen LogP contribution < -0.4 is 0 Å². The van der Waals surface area contributed by atoms with Gasteiger partial charge in [-0.15, -0.1) is 0 Å². The lowest BCUT2D eigenvalue weighted by molar-refractivity contribution is 0.170. The number of aromatic nitrogens is 3. The second-order valence-corrected chi connectivity index (χ2v) is 5.26. The van der Waals surface area contributed by atoms with Crippen LogP contribution in [0, 0.1) is 0 Å². The maximum absolute atomic E-state index is 10.4. The van der Waals surface area contributed by atoms with Crippen LogP contribution in [0.4, 0.5) is 0 Å². The number of aliphatic hydroxyl groups excluding tert-OH is 1. The third-order valence-electron chi connectivity index (χ3n) is 3.53. The van der Waals surface area contributed by atoms with E-state index in [1.807, 2.05) is 24.3 Å². The van der Waals surface area contributed by atoms with Gasteiger partial charge in [-0.3, -0.25) is 4.98 Å². The zero-order chi connectivity index (χ0) is 14.8. The van der Waals surface area contributed by atoms with Crippen LogP contribution in [0.3, 0.4) is 0 Å². The fourth-order valence-corrected chi connectivity index (χ4v) is 2.79. The van der Waals surface area contributed by atoms with E-state index in [-0.39, 0.29) is 0 Å². The summed E-state index contributed by atoms with van der Waals surface area (Å²) in [4.78, 5) is 8.78. The first-order valence-corrected chi connectivity index (χ1v) is 7.31. The quantitative estimate of drug-likeness (QED) is 0.803. The third-order valence-corrected chi connectivity index (χ3v) is 3.85. The van der Waals surface area contributed by atoms with Gasteiger partial charge in [-0.25, -0.2) is 4.98 Å². The number of halogens is 1. The molecule has 1 atom stereocenters. The molecule has 2 heterocycles. The first-order chi connectivity index (χ1) is 10.2. The van der Waals surface area contributed by atoms with E-state index in [4.69, 9.17) is 11.6 Å². The molecule has 0 bridgehead atoms. The SMILES string of the molecule is CCn1c(CC(O)c2ncccc2Cl)nc2ccccc21. The Balaban J connectivity index is 1.96. The van der Waals surface area contributed by atoms with Gasteiger partial charge in [0, 0.05) is 19.2 Å². The molecule has 108 valence electrons. The lowest BCUT2D eigenvalue weighted by Gasteiger charge is -2.12. The molecular formula is C16H16ClN3O. The van der Waals surface area contributed by atoms with Crippen molar-refractivity contribution in [1.29, 1.82) is 0 Å². The number of nitrogens with zero attached hydrogens (tertiary/aromatic N) is 3. The number of hydrogen-bond donors (Lipinski definition) is 1. The number of aliphatic hydroxyl groups is 1. The predicted octanol–water partition coefficient (Wildman–Crippen LogP) is 3.38. The summed E-state index contributed by atoms with van der Waals surface area (Å²) >= 11 is 6.09. The third kappa shape index (κ3) is 2.64. The Bertz CT molecular complexity index is 769. The van der Waals surface area contributed by atoms with Crippen molar-refractivity contribution in [2.24, 2.45) is 0 Å². The first kappa shape index (κ1) is 14.0. The molecule has 3 aromatic rings. The van der Waals surface area contributed by atoms with Gasteiger partial charge in [-0.1, -0.05) is 23.7 Å². The van der Waals surface area contributed by atoms with E-state index in [9.17, 15) is 5.11 Å². The Morgan fingerprint density at radius 3 is 2.81 bits per heavy atom. The molecule has 0 fully saturated rings. The Kier molecular flexibility index (Phi) is 3.90. The van der Waals surface area contributed by atoms with E-state index in [1.165, 1.54) is 0 Å². The summed E-state index contributed by atoms with van der Waals surface area (Å²) in [7, 11) is 0. The Hall–Kier alpha value is -1.91. The maximum Gasteiger partial charge on any atom is 0.112 e. The summed E-state index contributed by atoms with van der Waals surface area (Å²) in [6.45, 7) is 2.87. The Morgan fingerprint density at radius 2 is 2.05 bits per heavy atom. The topological polar surface area (TPSA) is 50.9 Å². The highest BCUT2D eigenvalue weighted by Crippen LogP contribution is 2.25. The second kappa shape index (κ2) is 5.84. The zero-order valence-electron chi connectivity index (χ0n) is 11.7. The molecule has 0 saturated carbocycles. The van der Waals surface area contributed by atoms with Crippen LogP contribution in [0.5, 0.6) is 0 Å². The van der Waals surface area contributed by atoms with Crippen LogP contribution in [0.1, 0.15) is 24.5 Å². The Morgan fingerprint density at radius 1 is 1.24 bits per heavy atom. The van der Waals surface area contributed by atoms with Crippen molar-refractivity contribution in [2.45, 2.75) is 26.0 Å². The lowest BCUT2D eigenvalue weighted by atomic mass is 10.1. The van der Waals surface area contributed by atoms with Crippen LogP contribution in [-0.4, -0.2) is 19.6 Å². The van der Waals surface area contributed by atoms with Crippen LogP contribution in [0.2, 0.25) is 5.02 Å². The van der Waals surface area contributed by atoms with Gasteiger partial charge in [0.1, 0.15) is 11.9 Å². The summed E-state index contributed by atoms with van der Waals surface area (Å²) in [5, 5.41) is 10.9. The number of pyridine rings is 1. The van der Waals surface area contributed by atoms with Crippen molar-refractivity contribution in [3.63, 3.8) is 0 Å². The molecule has 21 heavy (non-hydrogen) atoms. The summed E-state index contributed by atoms with van der Waals surface area (Å²) in [6.07, 6.45) is 1.26. The molecule has 0 amide bonds. The minimum atomic E-state index is -0.763. The second-order valence-electron chi connectivity index (χ2n) is 4.85. The highest BCUT2D eigenvalue weighted by atomic mass is 35.5. The molecule has 0 aliphatic carbocycles. The first-order valence-electron chi connectivity index (χ1n) is 6.93. The highest BCUT2D eigenvalue weighted by molar-refractivity contribution is 6.31. The molecule has 4 nitrogen and oxygen atoms in total. The van der Waals surface area contributed by atoms with Gasteiger partial charge < -0.3 is 9.67 Å². The minimum Gasteiger partial charge on any atom is -0.386 e. The molecule has 1 aromatic carbocycles. The number of aryl methyl sites for hydroxylation is 1. The van der Waals surface area contributed by atoms with Crippen molar-refractivity contribution >= 4 is 22.6 Å². The van der Waals surface area contributed by atoms with Crippen molar-refractivity contribution in [3.05, 3.63) is 59.1 Å². The number of imidazole rings is 1. The van der Waals surface area contributed by atoms with Gasteiger partial charge >= 0.3 is 0 Å². The molecule has 2 aromatic heterocycles. The minimum absolute atomic E-state index is 0.388. The number of hydrogen-bond acceptors (Lipinski definition) is 3. The van der Waals surface area contributed by atoms with E-state index < -0.39 is 6.10 Å². The van der Waals surface area contributed by atoms with Gasteiger partial charge in [0.25, 0.3) is 0 Å². The van der Waals surface area contributed by atoms with Gasteiger partial charge in [-0.2, -0.15) is 0 Å². The Labute approximate surface area is 128 Å². The zero-order valence-corrected chi connectivity index (χ0v) is 12.5. The number of rotatable bonds is 4. The van der Waals surface area contributed by atoms with Gasteiger partial charge in [0.15, 0.2) is 0 Å². The van der Waals surface area contributed by atoms with Crippen LogP contribution in [0.25, 0.3) is 11.0 Å². The highest BCUT2D eigenvalue weighted by Gasteiger charge is 2.18. The van der Waals surface area contributed by atoms with E-state index in [2.05, 4.69) is 21.5 Å². The fraction of sp³-hybridized carbons (Fsp3) is 0.250. The van der Waals surface area contributed by atoms with Crippen molar-refractivity contribution in [3.8, 4) is 0 Å². The number of para-hydroxylation sites is 2. The smallest absolute Gasteiger partial charge is 0.112 e. The van der Waals surface area contributed by atoms with E-state index in [1.54, 1.807) is 18.3 Å². The summed E-state index contributed by atoms with van der Waals surface area (Å²) in [5.74, 6) is 0.841. The number of benzene rings is 1. The van der Waals surface area contributed by atoms with Gasteiger partial charge in [0.05, 0.1) is 21.7 Å². The molecule has 0 radical (unpaired) electrons. The molecular weight excluding hydrogens is 286 g/mol. The fourth-order valence-electron chi connectivity index (χ4n) is 2.55. The summed E-state index contributed by atoms with van der Waals surface area (Å²) in [6, 6.07) is 11.5. The van der Waals surface area contributed by atoms with Gasteiger partial charge in [0.2, 0.25) is 0 Å². The molecule has 0 spiro atoms. The molecule has 0 aliphatic rings. The van der Waals surface area contributed by atoms with Crippen molar-refractivity contribution in [1.82, 2.24) is 14.5 Å². The molecule has 0 aliphatic heterocycles. The molecule has 1 N–H and O–H groups in total. The summed E-state index contributed by atoms with van der Waals surface area (Å²) < 4.78 is 2.11. The predicted molar refractivity (Wildman–Crippen MR) is 83.3 cm³/mol. The average molecular weight is 302 g/mol. The normalized spacial score (nSPS) is 12.7. The van der Waals surface area contributed by atoms with Crippen LogP contribution >= 0.6 is 11.6 Å². The maximum atomic E-state index is 10.4. The van der Waals surface area contributed by atoms with Gasteiger partial charge in [-0.05, 0) is 31.2 Å². The summed E-state index contributed by atoms with van der Waals surface area (Å²) in [5.41, 5.74) is 2.51. The lowest BCUT2D eigenvalue weighted by Crippen LogP contribution is -2.10. The largest absolute Gasteiger partial charge is 0.386 e. The number of fused-ring (bicyclic) bond motifs is 1. The standard InChI is InChI=1S/C16H16ClN3O/c1-2-20-13-8-4-3-7-12(13)19-15(20)10-14(21)16-11(17)6-5-9-18-16/h3-9,14,21H,2,10H2,1H3. The average Bonchev–Trinajstić information content (AvgIpc) is 2.84. The van der Waals surface area contributed by atoms with Crippen LogP contribution in [0.15, 0.2) is 42.6 Å². The van der Waals surface area contributed by atoms with E-state index >= 15 is 0 Å². The van der Waals surface area contributed by atoms with Crippen molar-refractivity contribution < 1.29 is 5.11 Å². The molecule has 1 unspecified atom stereocenters.